The molecule has 1 aromatic carbocycles. The highest BCUT2D eigenvalue weighted by Crippen LogP contribution is 2.29. The second-order valence-corrected chi connectivity index (χ2v) is 3.42. The molecule has 0 unspecified atom stereocenters. The summed E-state index contributed by atoms with van der Waals surface area (Å²) in [6.45, 7) is 2.92. The lowest BCUT2D eigenvalue weighted by atomic mass is 10.2. The Labute approximate surface area is 88.4 Å². The third-order valence-corrected chi connectivity index (χ3v) is 2.49. The zero-order valence-electron chi connectivity index (χ0n) is 8.70. The predicted molar refractivity (Wildman–Crippen MR) is 56.0 cm³/mol. The molecule has 1 heterocycles. The van der Waals surface area contributed by atoms with Gasteiger partial charge in [-0.3, -0.25) is 0 Å². The summed E-state index contributed by atoms with van der Waals surface area (Å²) in [5.74, 6) is 0.468. The molecule has 0 N–H and O–H groups in total. The van der Waals surface area contributed by atoms with Gasteiger partial charge in [0.2, 0.25) is 0 Å². The third-order valence-electron chi connectivity index (χ3n) is 2.49. The van der Waals surface area contributed by atoms with Crippen molar-refractivity contribution >= 4 is 5.69 Å². The predicted octanol–water partition coefficient (Wildman–Crippen LogP) is 1.67. The highest BCUT2D eigenvalue weighted by molar-refractivity contribution is 5.58. The van der Waals surface area contributed by atoms with Crippen molar-refractivity contribution in [2.75, 3.05) is 38.3 Å². The van der Waals surface area contributed by atoms with E-state index < -0.39 is 0 Å². The lowest BCUT2D eigenvalue weighted by Gasteiger charge is -2.29. The molecule has 0 aliphatic carbocycles. The van der Waals surface area contributed by atoms with E-state index in [9.17, 15) is 4.39 Å². The van der Waals surface area contributed by atoms with Gasteiger partial charge in [-0.25, -0.2) is 4.39 Å². The Morgan fingerprint density at radius 2 is 2.07 bits per heavy atom. The molecule has 3 nitrogen and oxygen atoms in total. The number of benzene rings is 1. The van der Waals surface area contributed by atoms with Crippen molar-refractivity contribution in [3.05, 3.63) is 24.0 Å². The normalized spacial score (nSPS) is 16.5. The zero-order chi connectivity index (χ0) is 10.7. The Bertz CT molecular complexity index is 337. The smallest absolute Gasteiger partial charge is 0.142 e. The maximum atomic E-state index is 13.1. The Kier molecular flexibility index (Phi) is 3.06. The van der Waals surface area contributed by atoms with E-state index in [4.69, 9.17) is 9.47 Å². The summed E-state index contributed by atoms with van der Waals surface area (Å²) >= 11 is 0. The number of ether oxygens (including phenoxy) is 2. The largest absolute Gasteiger partial charge is 0.495 e. The molecule has 1 saturated heterocycles. The van der Waals surface area contributed by atoms with Crippen molar-refractivity contribution in [1.29, 1.82) is 0 Å². The number of morpholine rings is 1. The molecule has 0 saturated carbocycles. The molecule has 15 heavy (non-hydrogen) atoms. The van der Waals surface area contributed by atoms with Crippen LogP contribution < -0.4 is 9.64 Å². The molecule has 1 aliphatic rings. The second-order valence-electron chi connectivity index (χ2n) is 3.42. The molecule has 2 rings (SSSR count). The van der Waals surface area contributed by atoms with Gasteiger partial charge < -0.3 is 14.4 Å². The quantitative estimate of drug-likeness (QED) is 0.742. The van der Waals surface area contributed by atoms with Crippen molar-refractivity contribution in [2.24, 2.45) is 0 Å². The molecule has 0 bridgehead atoms. The second kappa shape index (κ2) is 4.49. The fourth-order valence-electron chi connectivity index (χ4n) is 1.71. The van der Waals surface area contributed by atoms with Crippen molar-refractivity contribution < 1.29 is 13.9 Å². The number of methoxy groups -OCH3 is 1. The SMILES string of the molecule is COc1ccc(F)cc1N1CCOCC1. The van der Waals surface area contributed by atoms with Crippen LogP contribution in [0.3, 0.4) is 0 Å². The molecule has 0 amide bonds. The number of hydrogen-bond acceptors (Lipinski definition) is 3. The maximum absolute atomic E-state index is 13.1. The molecule has 1 fully saturated rings. The van der Waals surface area contributed by atoms with Gasteiger partial charge in [-0.1, -0.05) is 0 Å². The lowest BCUT2D eigenvalue weighted by molar-refractivity contribution is 0.122. The van der Waals surface area contributed by atoms with Crippen LogP contribution in [-0.4, -0.2) is 33.4 Å². The van der Waals surface area contributed by atoms with Crippen LogP contribution in [-0.2, 0) is 4.74 Å². The first-order valence-corrected chi connectivity index (χ1v) is 4.97. The Morgan fingerprint density at radius 1 is 1.33 bits per heavy atom. The van der Waals surface area contributed by atoms with E-state index in [1.165, 1.54) is 12.1 Å². The number of rotatable bonds is 2. The molecule has 82 valence electrons. The first-order valence-electron chi connectivity index (χ1n) is 4.97. The van der Waals surface area contributed by atoms with Crippen LogP contribution in [0, 0.1) is 5.82 Å². The van der Waals surface area contributed by atoms with Gasteiger partial charge in [0.25, 0.3) is 0 Å². The van der Waals surface area contributed by atoms with E-state index in [0.29, 0.717) is 19.0 Å². The zero-order valence-corrected chi connectivity index (χ0v) is 8.70. The van der Waals surface area contributed by atoms with Crippen LogP contribution in [0.1, 0.15) is 0 Å². The van der Waals surface area contributed by atoms with Gasteiger partial charge in [0.05, 0.1) is 26.0 Å². The lowest BCUT2D eigenvalue weighted by Crippen LogP contribution is -2.36. The van der Waals surface area contributed by atoms with Crippen LogP contribution >= 0.6 is 0 Å². The van der Waals surface area contributed by atoms with E-state index in [0.717, 1.165) is 18.8 Å². The highest BCUT2D eigenvalue weighted by atomic mass is 19.1. The molecule has 1 aromatic rings. The van der Waals surface area contributed by atoms with Gasteiger partial charge >= 0.3 is 0 Å². The molecule has 0 atom stereocenters. The van der Waals surface area contributed by atoms with Gasteiger partial charge in [-0.15, -0.1) is 0 Å². The summed E-state index contributed by atoms with van der Waals surface area (Å²) in [6, 6.07) is 4.56. The Balaban J connectivity index is 2.27. The summed E-state index contributed by atoms with van der Waals surface area (Å²) in [5, 5.41) is 0. The Hall–Kier alpha value is -1.29. The molecular weight excluding hydrogens is 197 g/mol. The Morgan fingerprint density at radius 3 is 2.73 bits per heavy atom. The average molecular weight is 211 g/mol. The van der Waals surface area contributed by atoms with Gasteiger partial charge in [0.1, 0.15) is 11.6 Å². The van der Waals surface area contributed by atoms with E-state index in [1.54, 1.807) is 13.2 Å². The standard InChI is InChI=1S/C11H14FNO2/c1-14-11-3-2-9(12)8-10(11)13-4-6-15-7-5-13/h2-3,8H,4-7H2,1H3. The monoisotopic (exact) mass is 211 g/mol. The molecule has 0 aromatic heterocycles. The summed E-state index contributed by atoms with van der Waals surface area (Å²) in [6.07, 6.45) is 0. The summed E-state index contributed by atoms with van der Waals surface area (Å²) in [5.41, 5.74) is 0.806. The number of anilines is 1. The van der Waals surface area contributed by atoms with Crippen molar-refractivity contribution in [3.63, 3.8) is 0 Å². The number of nitrogens with zero attached hydrogens (tertiary/aromatic N) is 1. The van der Waals surface area contributed by atoms with Crippen LogP contribution in [0.25, 0.3) is 0 Å². The molecule has 4 heteroatoms. The van der Waals surface area contributed by atoms with Gasteiger partial charge in [0.15, 0.2) is 0 Å². The minimum Gasteiger partial charge on any atom is -0.495 e. The minimum atomic E-state index is -0.239. The van der Waals surface area contributed by atoms with Gasteiger partial charge in [-0.2, -0.15) is 0 Å². The van der Waals surface area contributed by atoms with Crippen LogP contribution in [0.15, 0.2) is 18.2 Å². The van der Waals surface area contributed by atoms with Crippen LogP contribution in [0.2, 0.25) is 0 Å². The van der Waals surface area contributed by atoms with Gasteiger partial charge in [-0.05, 0) is 12.1 Å². The van der Waals surface area contributed by atoms with Crippen LogP contribution in [0.5, 0.6) is 5.75 Å². The fraction of sp³-hybridized carbons (Fsp3) is 0.455. The van der Waals surface area contributed by atoms with Crippen molar-refractivity contribution in [3.8, 4) is 5.75 Å². The van der Waals surface area contributed by atoms with E-state index >= 15 is 0 Å². The molecule has 0 radical (unpaired) electrons. The topological polar surface area (TPSA) is 21.7 Å². The highest BCUT2D eigenvalue weighted by Gasteiger charge is 2.15. The molecule has 1 aliphatic heterocycles. The molecular formula is C11H14FNO2. The van der Waals surface area contributed by atoms with Crippen molar-refractivity contribution in [1.82, 2.24) is 0 Å². The minimum absolute atomic E-state index is 0.239. The summed E-state index contributed by atoms with van der Waals surface area (Å²) in [7, 11) is 1.59. The average Bonchev–Trinajstić information content (AvgIpc) is 2.30. The first kappa shape index (κ1) is 10.2. The number of hydrogen-bond donors (Lipinski definition) is 0. The van der Waals surface area contributed by atoms with E-state index in [-0.39, 0.29) is 5.82 Å². The van der Waals surface area contributed by atoms with Crippen molar-refractivity contribution in [2.45, 2.75) is 0 Å². The van der Waals surface area contributed by atoms with E-state index in [1.807, 2.05) is 0 Å². The van der Waals surface area contributed by atoms with E-state index in [2.05, 4.69) is 4.90 Å². The van der Waals surface area contributed by atoms with Crippen LogP contribution in [0.4, 0.5) is 10.1 Å². The number of halogens is 1. The first-order chi connectivity index (χ1) is 7.31. The maximum Gasteiger partial charge on any atom is 0.142 e. The summed E-state index contributed by atoms with van der Waals surface area (Å²) < 4.78 is 23.6. The third kappa shape index (κ3) is 2.21. The molecule has 0 spiro atoms. The summed E-state index contributed by atoms with van der Waals surface area (Å²) in [4.78, 5) is 2.07. The fourth-order valence-corrected chi connectivity index (χ4v) is 1.71. The van der Waals surface area contributed by atoms with Gasteiger partial charge in [0, 0.05) is 19.2 Å².